The number of hydrogen-bond acceptors (Lipinski definition) is 1. The Kier molecular flexibility index (Phi) is 9.59. The second-order valence-electron chi connectivity index (χ2n) is 11.7. The third-order valence-corrected chi connectivity index (χ3v) is 8.63. The van der Waals surface area contributed by atoms with Crippen LogP contribution < -0.4 is 4.90 Å². The molecule has 0 spiro atoms. The topological polar surface area (TPSA) is 3.24 Å². The van der Waals surface area contributed by atoms with Gasteiger partial charge in [0.25, 0.3) is 0 Å². The van der Waals surface area contributed by atoms with Crippen molar-refractivity contribution in [2.45, 2.75) is 73.1 Å². The minimum Gasteiger partial charge on any atom is -0.310 e. The molecule has 0 saturated heterocycles. The Bertz CT molecular complexity index is 1460. The molecule has 0 aliphatic rings. The molecule has 0 unspecified atom stereocenters. The zero-order chi connectivity index (χ0) is 29.5. The smallest absolute Gasteiger partial charge is 0.0467 e. The van der Waals surface area contributed by atoms with Gasteiger partial charge in [0.1, 0.15) is 0 Å². The molecular weight excluding hydrogens is 506 g/mol. The number of nitrogens with zero attached hydrogens (tertiary/aromatic N) is 1. The lowest BCUT2D eigenvalue weighted by molar-refractivity contribution is 0.795. The van der Waals surface area contributed by atoms with Gasteiger partial charge >= 0.3 is 0 Å². The SMILES string of the molecule is CCCCc1ccc(-c2ccc(N(c3ccc(-c4ccc(CCCC)cc4)cc3)c3cc(C)c(C)c(C)c3)cc2)cc1. The van der Waals surface area contributed by atoms with Crippen LogP contribution in [0.5, 0.6) is 0 Å². The fraction of sp³-hybridized carbons (Fsp3) is 0.268. The van der Waals surface area contributed by atoms with Crippen LogP contribution in [0.2, 0.25) is 0 Å². The van der Waals surface area contributed by atoms with Crippen LogP contribution >= 0.6 is 0 Å². The molecule has 5 rings (SSSR count). The maximum atomic E-state index is 2.38. The van der Waals surface area contributed by atoms with Gasteiger partial charge in [-0.2, -0.15) is 0 Å². The van der Waals surface area contributed by atoms with Crippen LogP contribution in [0, 0.1) is 20.8 Å². The Morgan fingerprint density at radius 1 is 0.429 bits per heavy atom. The number of aryl methyl sites for hydroxylation is 4. The van der Waals surface area contributed by atoms with E-state index in [4.69, 9.17) is 0 Å². The second kappa shape index (κ2) is 13.7. The molecule has 1 heteroatoms. The lowest BCUT2D eigenvalue weighted by Crippen LogP contribution is -2.11. The Morgan fingerprint density at radius 3 is 1.10 bits per heavy atom. The average Bonchev–Trinajstić information content (AvgIpc) is 3.03. The fourth-order valence-corrected chi connectivity index (χ4v) is 5.68. The van der Waals surface area contributed by atoms with Gasteiger partial charge in [-0.3, -0.25) is 0 Å². The number of anilines is 3. The Morgan fingerprint density at radius 2 is 0.762 bits per heavy atom. The number of hydrogen-bond donors (Lipinski definition) is 0. The molecule has 5 aromatic carbocycles. The van der Waals surface area contributed by atoms with E-state index in [9.17, 15) is 0 Å². The molecule has 0 amide bonds. The molecule has 0 heterocycles. The van der Waals surface area contributed by atoms with Gasteiger partial charge in [-0.15, -0.1) is 0 Å². The maximum absolute atomic E-state index is 2.38. The van der Waals surface area contributed by atoms with Gasteiger partial charge in [-0.1, -0.05) is 99.5 Å². The quantitative estimate of drug-likeness (QED) is 0.158. The highest BCUT2D eigenvalue weighted by Crippen LogP contribution is 2.38. The minimum atomic E-state index is 1.16. The lowest BCUT2D eigenvalue weighted by atomic mass is 9.99. The molecule has 0 aliphatic carbocycles. The van der Waals surface area contributed by atoms with Crippen LogP contribution in [-0.2, 0) is 12.8 Å². The molecule has 1 nitrogen and oxygen atoms in total. The molecule has 0 saturated carbocycles. The van der Waals surface area contributed by atoms with Gasteiger partial charge < -0.3 is 4.90 Å². The van der Waals surface area contributed by atoms with Crippen molar-refractivity contribution in [1.29, 1.82) is 0 Å². The van der Waals surface area contributed by atoms with Gasteiger partial charge in [-0.05, 0) is 133 Å². The van der Waals surface area contributed by atoms with Gasteiger partial charge in [0.05, 0.1) is 0 Å². The van der Waals surface area contributed by atoms with Crippen LogP contribution in [0.4, 0.5) is 17.1 Å². The van der Waals surface area contributed by atoms with Gasteiger partial charge in [0.15, 0.2) is 0 Å². The first-order valence-corrected chi connectivity index (χ1v) is 15.7. The van der Waals surface area contributed by atoms with Crippen LogP contribution in [-0.4, -0.2) is 0 Å². The third-order valence-electron chi connectivity index (χ3n) is 8.63. The van der Waals surface area contributed by atoms with E-state index in [0.717, 1.165) is 24.2 Å². The van der Waals surface area contributed by atoms with Crippen molar-refractivity contribution in [3.05, 3.63) is 137 Å². The van der Waals surface area contributed by atoms with E-state index in [1.54, 1.807) is 0 Å². The molecule has 214 valence electrons. The highest BCUT2D eigenvalue weighted by molar-refractivity contribution is 5.80. The highest BCUT2D eigenvalue weighted by Gasteiger charge is 2.15. The summed E-state index contributed by atoms with van der Waals surface area (Å²) >= 11 is 0. The average molecular weight is 552 g/mol. The largest absolute Gasteiger partial charge is 0.310 e. The van der Waals surface area contributed by atoms with E-state index >= 15 is 0 Å². The minimum absolute atomic E-state index is 1.16. The van der Waals surface area contributed by atoms with Crippen LogP contribution in [0.1, 0.15) is 67.3 Å². The zero-order valence-electron chi connectivity index (χ0n) is 26.1. The first-order chi connectivity index (χ1) is 20.5. The molecule has 0 bridgehead atoms. The van der Waals surface area contributed by atoms with E-state index in [-0.39, 0.29) is 0 Å². The number of unbranched alkanes of at least 4 members (excludes halogenated alkanes) is 2. The van der Waals surface area contributed by atoms with E-state index in [1.165, 1.54) is 81.4 Å². The Labute approximate surface area is 253 Å². The summed E-state index contributed by atoms with van der Waals surface area (Å²) in [7, 11) is 0. The van der Waals surface area contributed by atoms with Crippen LogP contribution in [0.25, 0.3) is 22.3 Å². The summed E-state index contributed by atoms with van der Waals surface area (Å²) in [5.74, 6) is 0. The van der Waals surface area contributed by atoms with Crippen molar-refractivity contribution in [2.24, 2.45) is 0 Å². The summed E-state index contributed by atoms with van der Waals surface area (Å²) in [5.41, 5.74) is 15.4. The van der Waals surface area contributed by atoms with Crippen molar-refractivity contribution >= 4 is 17.1 Å². The summed E-state index contributed by atoms with van der Waals surface area (Å²) < 4.78 is 0. The Hall–Kier alpha value is -4.10. The normalized spacial score (nSPS) is 11.1. The first kappa shape index (κ1) is 29.4. The van der Waals surface area contributed by atoms with Crippen molar-refractivity contribution in [1.82, 2.24) is 0 Å². The predicted molar refractivity (Wildman–Crippen MR) is 183 cm³/mol. The van der Waals surface area contributed by atoms with E-state index in [1.807, 2.05) is 0 Å². The van der Waals surface area contributed by atoms with Crippen molar-refractivity contribution in [2.75, 3.05) is 4.90 Å². The van der Waals surface area contributed by atoms with E-state index < -0.39 is 0 Å². The molecule has 42 heavy (non-hydrogen) atoms. The summed E-state index contributed by atoms with van der Waals surface area (Å²) in [6, 6.07) is 40.9. The summed E-state index contributed by atoms with van der Waals surface area (Å²) in [6.07, 6.45) is 7.26. The van der Waals surface area contributed by atoms with Gasteiger partial charge in [0.2, 0.25) is 0 Å². The molecule has 0 radical (unpaired) electrons. The third kappa shape index (κ3) is 6.85. The van der Waals surface area contributed by atoms with Crippen LogP contribution in [0.15, 0.2) is 109 Å². The highest BCUT2D eigenvalue weighted by atomic mass is 15.1. The molecule has 0 fully saturated rings. The van der Waals surface area contributed by atoms with Gasteiger partial charge in [-0.25, -0.2) is 0 Å². The van der Waals surface area contributed by atoms with Crippen molar-refractivity contribution in [3.63, 3.8) is 0 Å². The molecule has 0 aromatic heterocycles. The van der Waals surface area contributed by atoms with E-state index in [0.29, 0.717) is 0 Å². The first-order valence-electron chi connectivity index (χ1n) is 15.7. The monoisotopic (exact) mass is 551 g/mol. The fourth-order valence-electron chi connectivity index (χ4n) is 5.68. The number of benzene rings is 5. The summed E-state index contributed by atoms with van der Waals surface area (Å²) in [5, 5.41) is 0. The second-order valence-corrected chi connectivity index (χ2v) is 11.7. The maximum Gasteiger partial charge on any atom is 0.0467 e. The Balaban J connectivity index is 1.46. The molecule has 5 aromatic rings. The molecule has 0 aliphatic heterocycles. The summed E-state index contributed by atoms with van der Waals surface area (Å²) in [6.45, 7) is 11.1. The van der Waals surface area contributed by atoms with Crippen LogP contribution in [0.3, 0.4) is 0 Å². The van der Waals surface area contributed by atoms with Crippen molar-refractivity contribution in [3.8, 4) is 22.3 Å². The summed E-state index contributed by atoms with van der Waals surface area (Å²) in [4.78, 5) is 2.38. The van der Waals surface area contributed by atoms with E-state index in [2.05, 4.69) is 149 Å². The van der Waals surface area contributed by atoms with Gasteiger partial charge in [0, 0.05) is 17.1 Å². The zero-order valence-corrected chi connectivity index (χ0v) is 26.1. The van der Waals surface area contributed by atoms with Crippen molar-refractivity contribution < 1.29 is 0 Å². The number of rotatable bonds is 11. The molecular formula is C41H45N. The standard InChI is InChI=1S/C41H45N/c1-6-8-10-33-12-16-35(17-13-33)37-20-24-39(25-21-37)42(41-28-30(3)32(5)31(4)29-41)40-26-22-38(23-27-40)36-18-14-34(15-19-36)11-9-7-2/h12-29H,6-11H2,1-5H3. The predicted octanol–water partition coefficient (Wildman–Crippen LogP) is 12.1. The lowest BCUT2D eigenvalue weighted by Gasteiger charge is -2.27. The molecule has 0 N–H and O–H groups in total. The molecule has 0 atom stereocenters.